The summed E-state index contributed by atoms with van der Waals surface area (Å²) in [6.45, 7) is 3.36. The van der Waals surface area contributed by atoms with E-state index in [4.69, 9.17) is 4.52 Å². The highest BCUT2D eigenvalue weighted by Crippen LogP contribution is 2.38. The average molecular weight is 554 g/mol. The van der Waals surface area contributed by atoms with Crippen molar-refractivity contribution in [2.24, 2.45) is 10.4 Å². The first kappa shape index (κ1) is 26.1. The van der Waals surface area contributed by atoms with Gasteiger partial charge in [0, 0.05) is 46.2 Å². The van der Waals surface area contributed by atoms with Gasteiger partial charge in [0.05, 0.1) is 5.41 Å². The maximum atomic E-state index is 12.7. The number of benzene rings is 1. The van der Waals surface area contributed by atoms with Crippen LogP contribution in [-0.4, -0.2) is 61.1 Å². The van der Waals surface area contributed by atoms with Crippen LogP contribution in [0.25, 0.3) is 11.5 Å². The van der Waals surface area contributed by atoms with Gasteiger partial charge in [0.2, 0.25) is 5.91 Å². The van der Waals surface area contributed by atoms with E-state index in [2.05, 4.69) is 37.9 Å². The number of nitrogens with zero attached hydrogens (tertiary/aromatic N) is 4. The van der Waals surface area contributed by atoms with Gasteiger partial charge in [-0.05, 0) is 37.0 Å². The molecule has 2 N–H and O–H groups in total. The standard InChI is InChI=1S/C23H34N6O2.HI/c1-5-19-27-20(31-28-19)18-10-8-17(9-11-18)12-15-25-22(24-2)26-16-23(13-6-7-14-23)21(30)29(3)4;/h8-11H,5-7,12-16H2,1-4H3,(H2,24,25,26);1H. The highest BCUT2D eigenvalue weighted by Gasteiger charge is 2.42. The van der Waals surface area contributed by atoms with Gasteiger partial charge in [-0.3, -0.25) is 9.79 Å². The summed E-state index contributed by atoms with van der Waals surface area (Å²) in [5.41, 5.74) is 1.81. The molecule has 176 valence electrons. The average Bonchev–Trinajstić information content (AvgIpc) is 3.46. The Bertz CT molecular complexity index is 888. The predicted molar refractivity (Wildman–Crippen MR) is 137 cm³/mol. The minimum atomic E-state index is -0.316. The summed E-state index contributed by atoms with van der Waals surface area (Å²) in [6, 6.07) is 8.16. The SMILES string of the molecule is CCc1noc(-c2ccc(CCNC(=NC)NCC3(C(=O)N(C)C)CCCC3)cc2)n1.I. The number of hydrogen-bond acceptors (Lipinski definition) is 5. The van der Waals surface area contributed by atoms with Crippen molar-refractivity contribution in [1.82, 2.24) is 25.7 Å². The third-order valence-corrected chi connectivity index (χ3v) is 5.93. The number of aryl methyl sites for hydroxylation is 1. The molecule has 1 aromatic carbocycles. The molecule has 0 atom stereocenters. The molecule has 9 heteroatoms. The molecule has 8 nitrogen and oxygen atoms in total. The Balaban J connectivity index is 0.00000363. The number of carbonyl (C=O) groups is 1. The smallest absolute Gasteiger partial charge is 0.257 e. The Morgan fingerprint density at radius 2 is 1.88 bits per heavy atom. The molecular formula is C23H35IN6O2. The monoisotopic (exact) mass is 554 g/mol. The summed E-state index contributed by atoms with van der Waals surface area (Å²) in [5, 5.41) is 10.7. The zero-order chi connectivity index (χ0) is 22.3. The quantitative estimate of drug-likeness (QED) is 0.296. The fourth-order valence-corrected chi connectivity index (χ4v) is 4.12. The molecule has 0 aliphatic heterocycles. The zero-order valence-corrected chi connectivity index (χ0v) is 21.8. The minimum absolute atomic E-state index is 0. The van der Waals surface area contributed by atoms with E-state index >= 15 is 0 Å². The summed E-state index contributed by atoms with van der Waals surface area (Å²) < 4.78 is 5.29. The Morgan fingerprint density at radius 3 is 2.44 bits per heavy atom. The van der Waals surface area contributed by atoms with Crippen molar-refractivity contribution in [1.29, 1.82) is 0 Å². The van der Waals surface area contributed by atoms with E-state index in [9.17, 15) is 4.79 Å². The van der Waals surface area contributed by atoms with Gasteiger partial charge in [0.25, 0.3) is 5.89 Å². The summed E-state index contributed by atoms with van der Waals surface area (Å²) in [6.07, 6.45) is 5.68. The van der Waals surface area contributed by atoms with Crippen LogP contribution in [0.5, 0.6) is 0 Å². The normalized spacial score (nSPS) is 15.2. The zero-order valence-electron chi connectivity index (χ0n) is 19.5. The molecule has 1 aliphatic rings. The number of halogens is 1. The lowest BCUT2D eigenvalue weighted by Crippen LogP contribution is -2.49. The van der Waals surface area contributed by atoms with Gasteiger partial charge in [0.15, 0.2) is 11.8 Å². The predicted octanol–water partition coefficient (Wildman–Crippen LogP) is 3.27. The molecule has 32 heavy (non-hydrogen) atoms. The van der Waals surface area contributed by atoms with Crippen LogP contribution in [0.3, 0.4) is 0 Å². The number of rotatable bonds is 8. The van der Waals surface area contributed by atoms with Crippen molar-refractivity contribution in [2.75, 3.05) is 34.2 Å². The van der Waals surface area contributed by atoms with Crippen LogP contribution in [0.2, 0.25) is 0 Å². The molecule has 1 heterocycles. The second-order valence-electron chi connectivity index (χ2n) is 8.36. The topological polar surface area (TPSA) is 95.7 Å². The largest absolute Gasteiger partial charge is 0.356 e. The lowest BCUT2D eigenvalue weighted by atomic mass is 9.84. The molecule has 3 rings (SSSR count). The van der Waals surface area contributed by atoms with Crippen molar-refractivity contribution in [3.05, 3.63) is 35.7 Å². The molecule has 1 amide bonds. The van der Waals surface area contributed by atoms with Gasteiger partial charge in [-0.25, -0.2) is 0 Å². The van der Waals surface area contributed by atoms with E-state index < -0.39 is 0 Å². The number of hydrogen-bond donors (Lipinski definition) is 2. The molecule has 0 radical (unpaired) electrons. The number of nitrogens with one attached hydrogen (secondary N) is 2. The van der Waals surface area contributed by atoms with Crippen molar-refractivity contribution in [2.45, 2.75) is 45.4 Å². The first-order chi connectivity index (χ1) is 15.0. The Hall–Kier alpha value is -2.17. The van der Waals surface area contributed by atoms with Gasteiger partial charge in [0.1, 0.15) is 0 Å². The molecule has 1 aromatic heterocycles. The van der Waals surface area contributed by atoms with Gasteiger partial charge in [-0.15, -0.1) is 24.0 Å². The Labute approximate surface area is 207 Å². The van der Waals surface area contributed by atoms with Crippen molar-refractivity contribution < 1.29 is 9.32 Å². The van der Waals surface area contributed by atoms with E-state index in [0.717, 1.165) is 56.6 Å². The molecular weight excluding hydrogens is 519 g/mol. The minimum Gasteiger partial charge on any atom is -0.356 e. The van der Waals surface area contributed by atoms with E-state index in [-0.39, 0.29) is 35.3 Å². The first-order valence-electron chi connectivity index (χ1n) is 11.1. The highest BCUT2D eigenvalue weighted by atomic mass is 127. The van der Waals surface area contributed by atoms with E-state index in [1.807, 2.05) is 33.2 Å². The van der Waals surface area contributed by atoms with Gasteiger partial charge >= 0.3 is 0 Å². The molecule has 1 saturated carbocycles. The fraction of sp³-hybridized carbons (Fsp3) is 0.565. The van der Waals surface area contributed by atoms with E-state index in [1.165, 1.54) is 5.56 Å². The molecule has 0 spiro atoms. The molecule has 1 aliphatic carbocycles. The van der Waals surface area contributed by atoms with Crippen molar-refractivity contribution >= 4 is 35.8 Å². The highest BCUT2D eigenvalue weighted by molar-refractivity contribution is 14.0. The van der Waals surface area contributed by atoms with E-state index in [1.54, 1.807) is 11.9 Å². The lowest BCUT2D eigenvalue weighted by Gasteiger charge is -2.31. The van der Waals surface area contributed by atoms with Gasteiger partial charge < -0.3 is 20.1 Å². The second-order valence-corrected chi connectivity index (χ2v) is 8.36. The second kappa shape index (κ2) is 12.2. The van der Waals surface area contributed by atoms with Crippen LogP contribution in [-0.2, 0) is 17.6 Å². The molecule has 1 fully saturated rings. The van der Waals surface area contributed by atoms with Gasteiger partial charge in [-0.2, -0.15) is 4.98 Å². The van der Waals surface area contributed by atoms with E-state index in [0.29, 0.717) is 18.3 Å². The maximum Gasteiger partial charge on any atom is 0.257 e. The molecule has 0 unspecified atom stereocenters. The van der Waals surface area contributed by atoms with Crippen molar-refractivity contribution in [3.63, 3.8) is 0 Å². The first-order valence-corrected chi connectivity index (χ1v) is 11.1. The van der Waals surface area contributed by atoms with Crippen LogP contribution in [0.4, 0.5) is 0 Å². The molecule has 2 aromatic rings. The Kier molecular flexibility index (Phi) is 9.92. The van der Waals surface area contributed by atoms with Gasteiger partial charge in [-0.1, -0.05) is 37.1 Å². The van der Waals surface area contributed by atoms with Crippen LogP contribution < -0.4 is 10.6 Å². The van der Waals surface area contributed by atoms with Crippen LogP contribution in [0.15, 0.2) is 33.8 Å². The van der Waals surface area contributed by atoms with Crippen LogP contribution >= 0.6 is 24.0 Å². The maximum absolute atomic E-state index is 12.7. The summed E-state index contributed by atoms with van der Waals surface area (Å²) in [4.78, 5) is 23.1. The fourth-order valence-electron chi connectivity index (χ4n) is 4.12. The third kappa shape index (κ3) is 6.43. The molecule has 0 bridgehead atoms. The van der Waals surface area contributed by atoms with Crippen LogP contribution in [0.1, 0.15) is 44.0 Å². The van der Waals surface area contributed by atoms with Crippen LogP contribution in [0, 0.1) is 5.41 Å². The number of amides is 1. The summed E-state index contributed by atoms with van der Waals surface area (Å²) in [7, 11) is 5.43. The summed E-state index contributed by atoms with van der Waals surface area (Å²) >= 11 is 0. The lowest BCUT2D eigenvalue weighted by molar-refractivity contribution is -0.138. The number of aliphatic imine (C=N–C) groups is 1. The number of aromatic nitrogens is 2. The Morgan fingerprint density at radius 1 is 1.19 bits per heavy atom. The summed E-state index contributed by atoms with van der Waals surface area (Å²) in [5.74, 6) is 2.21. The third-order valence-electron chi connectivity index (χ3n) is 5.93. The molecule has 0 saturated heterocycles. The van der Waals surface area contributed by atoms with Crippen molar-refractivity contribution in [3.8, 4) is 11.5 Å². The number of guanidine groups is 1. The number of carbonyl (C=O) groups excluding carboxylic acids is 1.